The van der Waals surface area contributed by atoms with Crippen molar-refractivity contribution >= 4 is 11.9 Å². The zero-order valence-corrected chi connectivity index (χ0v) is 8.33. The van der Waals surface area contributed by atoms with Gasteiger partial charge in [-0.25, -0.2) is 4.39 Å². The predicted molar refractivity (Wildman–Crippen MR) is 55.7 cm³/mol. The van der Waals surface area contributed by atoms with Gasteiger partial charge in [-0.3, -0.25) is 4.79 Å². The molecule has 0 saturated heterocycles. The number of rotatable bonds is 3. The smallest absolute Gasteiger partial charge is 0.159 e. The van der Waals surface area contributed by atoms with E-state index in [1.165, 1.54) is 31.2 Å². The van der Waals surface area contributed by atoms with Crippen LogP contribution in [-0.4, -0.2) is 5.78 Å². The van der Waals surface area contributed by atoms with Gasteiger partial charge in [0.1, 0.15) is 5.82 Å². The lowest BCUT2D eigenvalue weighted by atomic mass is 10.1. The standard InChI is InChI=1S/C12H10FNO/c1-9(15)10-5-6-12(13)11(8-10)4-2-3-7-14/h2,4-6,8H,3H2,1H3. The average molecular weight is 203 g/mol. The van der Waals surface area contributed by atoms with Crippen molar-refractivity contribution < 1.29 is 9.18 Å². The lowest BCUT2D eigenvalue weighted by Crippen LogP contribution is -1.93. The molecular formula is C12H10FNO. The van der Waals surface area contributed by atoms with Crippen molar-refractivity contribution in [2.75, 3.05) is 0 Å². The molecule has 1 aromatic carbocycles. The maximum absolute atomic E-state index is 13.2. The van der Waals surface area contributed by atoms with Gasteiger partial charge in [0.2, 0.25) is 0 Å². The summed E-state index contributed by atoms with van der Waals surface area (Å²) < 4.78 is 13.2. The molecule has 0 aliphatic heterocycles. The van der Waals surface area contributed by atoms with E-state index in [9.17, 15) is 9.18 Å². The van der Waals surface area contributed by atoms with E-state index in [4.69, 9.17) is 5.26 Å². The molecule has 0 bridgehead atoms. The number of nitriles is 1. The molecule has 3 heteroatoms. The van der Waals surface area contributed by atoms with E-state index in [0.29, 0.717) is 11.1 Å². The number of halogens is 1. The molecule has 1 rings (SSSR count). The summed E-state index contributed by atoms with van der Waals surface area (Å²) in [4.78, 5) is 11.0. The van der Waals surface area contributed by atoms with Crippen LogP contribution in [0.2, 0.25) is 0 Å². The molecule has 1 aromatic rings. The van der Waals surface area contributed by atoms with Gasteiger partial charge in [0, 0.05) is 11.1 Å². The van der Waals surface area contributed by atoms with E-state index in [2.05, 4.69) is 0 Å². The van der Waals surface area contributed by atoms with E-state index in [1.807, 2.05) is 6.07 Å². The second kappa shape index (κ2) is 5.06. The fourth-order valence-electron chi connectivity index (χ4n) is 1.13. The van der Waals surface area contributed by atoms with Crippen LogP contribution >= 0.6 is 0 Å². The number of carbonyl (C=O) groups is 1. The number of Topliss-reactive ketones (excluding diaryl/α,β-unsaturated/α-hetero) is 1. The summed E-state index contributed by atoms with van der Waals surface area (Å²) in [6, 6.07) is 6.09. The minimum Gasteiger partial charge on any atom is -0.295 e. The van der Waals surface area contributed by atoms with Crippen molar-refractivity contribution in [1.82, 2.24) is 0 Å². The van der Waals surface area contributed by atoms with Gasteiger partial charge in [-0.05, 0) is 25.1 Å². The predicted octanol–water partition coefficient (Wildman–Crippen LogP) is 2.96. The van der Waals surface area contributed by atoms with Crippen molar-refractivity contribution in [2.24, 2.45) is 0 Å². The molecule has 76 valence electrons. The molecule has 2 nitrogen and oxygen atoms in total. The fraction of sp³-hybridized carbons (Fsp3) is 0.167. The third-order valence-corrected chi connectivity index (χ3v) is 1.91. The maximum Gasteiger partial charge on any atom is 0.159 e. The fourth-order valence-corrected chi connectivity index (χ4v) is 1.13. The van der Waals surface area contributed by atoms with Gasteiger partial charge >= 0.3 is 0 Å². The molecule has 0 fully saturated rings. The largest absolute Gasteiger partial charge is 0.295 e. The Bertz CT molecular complexity index is 443. The van der Waals surface area contributed by atoms with E-state index in [-0.39, 0.29) is 12.2 Å². The van der Waals surface area contributed by atoms with Crippen molar-refractivity contribution in [3.05, 3.63) is 41.2 Å². The molecule has 0 radical (unpaired) electrons. The number of hydrogen-bond acceptors (Lipinski definition) is 2. The van der Waals surface area contributed by atoms with E-state index in [0.717, 1.165) is 0 Å². The Balaban J connectivity index is 3.01. The molecule has 0 N–H and O–H groups in total. The molecule has 0 amide bonds. The Morgan fingerprint density at radius 1 is 1.60 bits per heavy atom. The first kappa shape index (κ1) is 11.1. The zero-order chi connectivity index (χ0) is 11.3. The van der Waals surface area contributed by atoms with Crippen molar-refractivity contribution in [3.8, 4) is 6.07 Å². The highest BCUT2D eigenvalue weighted by Crippen LogP contribution is 2.13. The molecule has 0 saturated carbocycles. The Morgan fingerprint density at radius 3 is 2.93 bits per heavy atom. The summed E-state index contributed by atoms with van der Waals surface area (Å²) in [5.74, 6) is -0.501. The van der Waals surface area contributed by atoms with Crippen LogP contribution in [-0.2, 0) is 0 Å². The van der Waals surface area contributed by atoms with Crippen molar-refractivity contribution in [2.45, 2.75) is 13.3 Å². The normalized spacial score (nSPS) is 10.2. The summed E-state index contributed by atoms with van der Waals surface area (Å²) in [6.07, 6.45) is 3.29. The number of carbonyl (C=O) groups excluding carboxylic acids is 1. The van der Waals surface area contributed by atoms with Gasteiger partial charge < -0.3 is 0 Å². The first-order chi connectivity index (χ1) is 7.15. The second-order valence-electron chi connectivity index (χ2n) is 3.06. The molecular weight excluding hydrogens is 193 g/mol. The molecule has 0 aliphatic carbocycles. The lowest BCUT2D eigenvalue weighted by Gasteiger charge is -1.99. The molecule has 0 unspecified atom stereocenters. The number of benzene rings is 1. The van der Waals surface area contributed by atoms with Crippen LogP contribution < -0.4 is 0 Å². The average Bonchev–Trinajstić information content (AvgIpc) is 2.20. The highest BCUT2D eigenvalue weighted by molar-refractivity contribution is 5.94. The minimum absolute atomic E-state index is 0.107. The Kier molecular flexibility index (Phi) is 3.75. The summed E-state index contributed by atoms with van der Waals surface area (Å²) in [5, 5.41) is 8.31. The van der Waals surface area contributed by atoms with Crippen molar-refractivity contribution in [3.63, 3.8) is 0 Å². The van der Waals surface area contributed by atoms with Crippen LogP contribution in [0.1, 0.15) is 29.3 Å². The molecule has 0 aromatic heterocycles. The van der Waals surface area contributed by atoms with Gasteiger partial charge in [0.15, 0.2) is 5.78 Å². The number of nitrogens with zero attached hydrogens (tertiary/aromatic N) is 1. The molecule has 0 heterocycles. The third-order valence-electron chi connectivity index (χ3n) is 1.91. The first-order valence-electron chi connectivity index (χ1n) is 4.49. The third kappa shape index (κ3) is 3.03. The van der Waals surface area contributed by atoms with Crippen LogP contribution in [0, 0.1) is 17.1 Å². The van der Waals surface area contributed by atoms with Crippen molar-refractivity contribution in [1.29, 1.82) is 5.26 Å². The van der Waals surface area contributed by atoms with Gasteiger partial charge in [0.05, 0.1) is 12.5 Å². The molecule has 15 heavy (non-hydrogen) atoms. The summed E-state index contributed by atoms with van der Waals surface area (Å²) in [5.41, 5.74) is 0.797. The van der Waals surface area contributed by atoms with Gasteiger partial charge in [0.25, 0.3) is 0 Å². The van der Waals surface area contributed by atoms with E-state index in [1.54, 1.807) is 6.08 Å². The van der Waals surface area contributed by atoms with Crippen LogP contribution in [0.25, 0.3) is 6.08 Å². The Morgan fingerprint density at radius 2 is 2.33 bits per heavy atom. The minimum atomic E-state index is -0.394. The molecule has 0 spiro atoms. The van der Waals surface area contributed by atoms with Crippen LogP contribution in [0.5, 0.6) is 0 Å². The Hall–Kier alpha value is -1.95. The van der Waals surface area contributed by atoms with Gasteiger partial charge in [-0.1, -0.05) is 12.2 Å². The molecule has 0 aliphatic rings. The summed E-state index contributed by atoms with van der Waals surface area (Å²) in [7, 11) is 0. The first-order valence-corrected chi connectivity index (χ1v) is 4.49. The van der Waals surface area contributed by atoms with Crippen LogP contribution in [0.15, 0.2) is 24.3 Å². The quantitative estimate of drug-likeness (QED) is 0.708. The second-order valence-corrected chi connectivity index (χ2v) is 3.06. The highest BCUT2D eigenvalue weighted by atomic mass is 19.1. The topological polar surface area (TPSA) is 40.9 Å². The summed E-state index contributed by atoms with van der Waals surface area (Å²) >= 11 is 0. The van der Waals surface area contributed by atoms with Gasteiger partial charge in [-0.15, -0.1) is 0 Å². The zero-order valence-electron chi connectivity index (χ0n) is 8.33. The van der Waals surface area contributed by atoms with Crippen LogP contribution in [0.3, 0.4) is 0 Å². The van der Waals surface area contributed by atoms with Crippen LogP contribution in [0.4, 0.5) is 4.39 Å². The number of allylic oxidation sites excluding steroid dienone is 1. The highest BCUT2D eigenvalue weighted by Gasteiger charge is 2.03. The molecule has 0 atom stereocenters. The number of ketones is 1. The Labute approximate surface area is 87.7 Å². The maximum atomic E-state index is 13.2. The van der Waals surface area contributed by atoms with E-state index >= 15 is 0 Å². The SMILES string of the molecule is CC(=O)c1ccc(F)c(C=CCC#N)c1. The summed E-state index contributed by atoms with van der Waals surface area (Å²) in [6.45, 7) is 1.43. The lowest BCUT2D eigenvalue weighted by molar-refractivity contribution is 0.101. The van der Waals surface area contributed by atoms with E-state index < -0.39 is 5.82 Å². The number of hydrogen-bond donors (Lipinski definition) is 0. The van der Waals surface area contributed by atoms with Gasteiger partial charge in [-0.2, -0.15) is 5.26 Å². The monoisotopic (exact) mass is 203 g/mol.